The first-order valence-electron chi connectivity index (χ1n) is 9.93. The van der Waals surface area contributed by atoms with Crippen LogP contribution in [-0.2, 0) is 14.8 Å². The second-order valence-corrected chi connectivity index (χ2v) is 9.46. The van der Waals surface area contributed by atoms with E-state index in [1.54, 1.807) is 12.1 Å². The molecule has 0 radical (unpaired) electrons. The van der Waals surface area contributed by atoms with Crippen LogP contribution in [0.2, 0.25) is 5.02 Å². The average molecular weight is 477 g/mol. The monoisotopic (exact) mass is 476 g/mol. The van der Waals surface area contributed by atoms with Gasteiger partial charge in [-0.05, 0) is 36.6 Å². The van der Waals surface area contributed by atoms with Gasteiger partial charge in [0.1, 0.15) is 24.1 Å². The van der Waals surface area contributed by atoms with Crippen LogP contribution in [-0.4, -0.2) is 46.9 Å². The highest BCUT2D eigenvalue weighted by Gasteiger charge is 2.31. The standard InChI is InChI=1S/C23H25ClN2O5S/c1-16(26(32(3,28)29)20-15-18(24)11-12-22(20)30-2)23(27)25-13-14-31-21-10-6-8-17-7-4-5-9-19(17)21/h4-12,15-16H,13-14H2,1-3H3,(H,25,27). The number of halogens is 1. The summed E-state index contributed by atoms with van der Waals surface area (Å²) in [5.41, 5.74) is 0.192. The summed E-state index contributed by atoms with van der Waals surface area (Å²) < 4.78 is 37.1. The third-order valence-corrected chi connectivity index (χ3v) is 6.34. The number of hydrogen-bond acceptors (Lipinski definition) is 5. The van der Waals surface area contributed by atoms with Crippen molar-refractivity contribution < 1.29 is 22.7 Å². The maximum absolute atomic E-state index is 12.8. The van der Waals surface area contributed by atoms with E-state index in [0.717, 1.165) is 21.3 Å². The zero-order valence-electron chi connectivity index (χ0n) is 18.0. The lowest BCUT2D eigenvalue weighted by Gasteiger charge is -2.29. The molecule has 0 saturated carbocycles. The van der Waals surface area contributed by atoms with Crippen molar-refractivity contribution in [3.63, 3.8) is 0 Å². The van der Waals surface area contributed by atoms with Crippen LogP contribution in [0.15, 0.2) is 60.7 Å². The van der Waals surface area contributed by atoms with Crippen LogP contribution in [0.25, 0.3) is 10.8 Å². The van der Waals surface area contributed by atoms with Gasteiger partial charge in [0.05, 0.1) is 25.6 Å². The minimum Gasteiger partial charge on any atom is -0.495 e. The summed E-state index contributed by atoms with van der Waals surface area (Å²) in [4.78, 5) is 12.8. The molecule has 0 fully saturated rings. The molecule has 0 spiro atoms. The van der Waals surface area contributed by atoms with Gasteiger partial charge in [0.2, 0.25) is 15.9 Å². The van der Waals surface area contributed by atoms with Crippen LogP contribution in [0.1, 0.15) is 6.92 Å². The first kappa shape index (κ1) is 23.7. The van der Waals surface area contributed by atoms with E-state index in [1.807, 2.05) is 42.5 Å². The highest BCUT2D eigenvalue weighted by molar-refractivity contribution is 7.92. The van der Waals surface area contributed by atoms with Crippen molar-refractivity contribution in [1.82, 2.24) is 5.32 Å². The summed E-state index contributed by atoms with van der Waals surface area (Å²) in [6, 6.07) is 17.2. The van der Waals surface area contributed by atoms with E-state index in [0.29, 0.717) is 16.5 Å². The van der Waals surface area contributed by atoms with Crippen molar-refractivity contribution in [3.8, 4) is 11.5 Å². The van der Waals surface area contributed by atoms with Crippen molar-refractivity contribution >= 4 is 44.0 Å². The molecule has 170 valence electrons. The second-order valence-electron chi connectivity index (χ2n) is 7.17. The Morgan fingerprint density at radius 2 is 1.81 bits per heavy atom. The SMILES string of the molecule is COc1ccc(Cl)cc1N(C(C)C(=O)NCCOc1cccc2ccccc12)S(C)(=O)=O. The number of methoxy groups -OCH3 is 1. The van der Waals surface area contributed by atoms with E-state index in [2.05, 4.69) is 5.32 Å². The number of benzene rings is 3. The average Bonchev–Trinajstić information content (AvgIpc) is 2.76. The first-order valence-corrected chi connectivity index (χ1v) is 12.2. The van der Waals surface area contributed by atoms with Gasteiger partial charge in [-0.15, -0.1) is 0 Å². The molecule has 7 nitrogen and oxygen atoms in total. The topological polar surface area (TPSA) is 84.9 Å². The fraction of sp³-hybridized carbons (Fsp3) is 0.261. The Labute approximate surface area is 192 Å². The molecular weight excluding hydrogens is 452 g/mol. The van der Waals surface area contributed by atoms with Crippen LogP contribution >= 0.6 is 11.6 Å². The number of rotatable bonds is 9. The Balaban J connectivity index is 1.69. The Morgan fingerprint density at radius 1 is 1.09 bits per heavy atom. The fourth-order valence-electron chi connectivity index (χ4n) is 3.42. The van der Waals surface area contributed by atoms with Gasteiger partial charge in [-0.2, -0.15) is 0 Å². The van der Waals surface area contributed by atoms with Gasteiger partial charge in [-0.25, -0.2) is 8.42 Å². The molecule has 1 atom stereocenters. The van der Waals surface area contributed by atoms with E-state index in [4.69, 9.17) is 21.1 Å². The summed E-state index contributed by atoms with van der Waals surface area (Å²) in [7, 11) is -2.39. The normalized spacial score (nSPS) is 12.2. The largest absolute Gasteiger partial charge is 0.495 e. The molecule has 1 unspecified atom stereocenters. The lowest BCUT2D eigenvalue weighted by Crippen LogP contribution is -2.48. The smallest absolute Gasteiger partial charge is 0.243 e. The molecule has 0 saturated heterocycles. The quantitative estimate of drug-likeness (QED) is 0.474. The summed E-state index contributed by atoms with van der Waals surface area (Å²) in [6.45, 7) is 1.94. The van der Waals surface area contributed by atoms with Gasteiger partial charge < -0.3 is 14.8 Å². The molecule has 3 aromatic carbocycles. The number of fused-ring (bicyclic) bond motifs is 1. The molecule has 0 aromatic heterocycles. The minimum absolute atomic E-state index is 0.192. The van der Waals surface area contributed by atoms with Gasteiger partial charge in [0.25, 0.3) is 0 Å². The predicted octanol–water partition coefficient (Wildman–Crippen LogP) is 3.85. The number of amides is 1. The van der Waals surface area contributed by atoms with Crippen LogP contribution in [0, 0.1) is 0 Å². The molecule has 1 N–H and O–H groups in total. The Morgan fingerprint density at radius 3 is 2.53 bits per heavy atom. The predicted molar refractivity (Wildman–Crippen MR) is 127 cm³/mol. The summed E-state index contributed by atoms with van der Waals surface area (Å²) >= 11 is 6.06. The highest BCUT2D eigenvalue weighted by Crippen LogP contribution is 2.34. The highest BCUT2D eigenvalue weighted by atomic mass is 35.5. The molecule has 0 aliphatic carbocycles. The number of carbonyl (C=O) groups excluding carboxylic acids is 1. The van der Waals surface area contributed by atoms with E-state index in [-0.39, 0.29) is 18.8 Å². The molecule has 3 aromatic rings. The number of hydrogen-bond donors (Lipinski definition) is 1. The molecule has 9 heteroatoms. The number of sulfonamides is 1. The Kier molecular flexibility index (Phi) is 7.48. The summed E-state index contributed by atoms with van der Waals surface area (Å²) in [5.74, 6) is 0.532. The molecule has 0 bridgehead atoms. The maximum Gasteiger partial charge on any atom is 0.243 e. The Hall–Kier alpha value is -2.97. The zero-order chi connectivity index (χ0) is 23.3. The Bertz CT molecular complexity index is 1210. The molecule has 32 heavy (non-hydrogen) atoms. The third-order valence-electron chi connectivity index (χ3n) is 4.88. The minimum atomic E-state index is -3.81. The molecule has 0 aliphatic heterocycles. The summed E-state index contributed by atoms with van der Waals surface area (Å²) in [5, 5.41) is 5.09. The van der Waals surface area contributed by atoms with E-state index < -0.39 is 22.0 Å². The van der Waals surface area contributed by atoms with Crippen molar-refractivity contribution in [2.75, 3.05) is 30.8 Å². The third kappa shape index (κ3) is 5.44. The van der Waals surface area contributed by atoms with Gasteiger partial charge in [0, 0.05) is 10.4 Å². The van der Waals surface area contributed by atoms with Crippen molar-refractivity contribution in [2.45, 2.75) is 13.0 Å². The number of nitrogens with one attached hydrogen (secondary N) is 1. The van der Waals surface area contributed by atoms with E-state index in [1.165, 1.54) is 20.1 Å². The maximum atomic E-state index is 12.8. The van der Waals surface area contributed by atoms with Crippen molar-refractivity contribution in [3.05, 3.63) is 65.7 Å². The van der Waals surface area contributed by atoms with Gasteiger partial charge in [-0.3, -0.25) is 9.10 Å². The van der Waals surface area contributed by atoms with Crippen LogP contribution in [0.4, 0.5) is 5.69 Å². The van der Waals surface area contributed by atoms with Crippen molar-refractivity contribution in [1.29, 1.82) is 0 Å². The summed E-state index contributed by atoms with van der Waals surface area (Å²) in [6.07, 6.45) is 1.03. The number of anilines is 1. The molecule has 1 amide bonds. The lowest BCUT2D eigenvalue weighted by molar-refractivity contribution is -0.121. The lowest BCUT2D eigenvalue weighted by atomic mass is 10.1. The van der Waals surface area contributed by atoms with E-state index >= 15 is 0 Å². The van der Waals surface area contributed by atoms with Crippen LogP contribution < -0.4 is 19.1 Å². The van der Waals surface area contributed by atoms with E-state index in [9.17, 15) is 13.2 Å². The second kappa shape index (κ2) is 10.1. The van der Waals surface area contributed by atoms with Gasteiger partial charge in [-0.1, -0.05) is 48.0 Å². The van der Waals surface area contributed by atoms with Crippen LogP contribution in [0.5, 0.6) is 11.5 Å². The van der Waals surface area contributed by atoms with Crippen LogP contribution in [0.3, 0.4) is 0 Å². The van der Waals surface area contributed by atoms with Crippen molar-refractivity contribution in [2.24, 2.45) is 0 Å². The van der Waals surface area contributed by atoms with Gasteiger partial charge in [0.15, 0.2) is 0 Å². The number of carbonyl (C=O) groups is 1. The molecule has 3 rings (SSSR count). The molecule has 0 heterocycles. The number of nitrogens with zero attached hydrogens (tertiary/aromatic N) is 1. The van der Waals surface area contributed by atoms with Gasteiger partial charge >= 0.3 is 0 Å². The zero-order valence-corrected chi connectivity index (χ0v) is 19.6. The molecular formula is C23H25ClN2O5S. The molecule has 0 aliphatic rings. The fourth-order valence-corrected chi connectivity index (χ4v) is 4.76. The number of ether oxygens (including phenoxy) is 2. The first-order chi connectivity index (χ1) is 15.2.